The summed E-state index contributed by atoms with van der Waals surface area (Å²) in [6, 6.07) is 7.43. The molecule has 0 aliphatic carbocycles. The van der Waals surface area contributed by atoms with Gasteiger partial charge in [-0.1, -0.05) is 13.3 Å². The molecule has 2 aromatic rings. The van der Waals surface area contributed by atoms with Crippen LogP contribution in [0.2, 0.25) is 0 Å². The first kappa shape index (κ1) is 17.1. The molecule has 23 heavy (non-hydrogen) atoms. The molecule has 1 aromatic heterocycles. The van der Waals surface area contributed by atoms with E-state index in [9.17, 15) is 18.0 Å². The molecule has 0 atom stereocenters. The maximum absolute atomic E-state index is 12.2. The van der Waals surface area contributed by atoms with Crippen molar-refractivity contribution in [3.8, 4) is 11.4 Å². The minimum absolute atomic E-state index is 0.281. The molecule has 0 bridgehead atoms. The van der Waals surface area contributed by atoms with E-state index in [2.05, 4.69) is 9.84 Å². The van der Waals surface area contributed by atoms with Crippen molar-refractivity contribution in [1.82, 2.24) is 9.78 Å². The quantitative estimate of drug-likeness (QED) is 0.726. The summed E-state index contributed by atoms with van der Waals surface area (Å²) in [6.45, 7) is 2.04. The lowest BCUT2D eigenvalue weighted by atomic mass is 10.2. The van der Waals surface area contributed by atoms with Gasteiger partial charge in [-0.25, -0.2) is 4.68 Å². The van der Waals surface area contributed by atoms with Crippen molar-refractivity contribution < 1.29 is 22.7 Å². The molecule has 0 fully saturated rings. The molecule has 1 heterocycles. The Bertz CT molecular complexity index is 648. The average molecular weight is 326 g/mol. The van der Waals surface area contributed by atoms with E-state index in [0.29, 0.717) is 18.5 Å². The first-order valence-electron chi connectivity index (χ1n) is 7.30. The topological polar surface area (TPSA) is 44.1 Å². The van der Waals surface area contributed by atoms with Crippen LogP contribution in [0, 0.1) is 0 Å². The van der Waals surface area contributed by atoms with Gasteiger partial charge in [0.05, 0.1) is 11.4 Å². The van der Waals surface area contributed by atoms with E-state index in [1.165, 1.54) is 24.3 Å². The fraction of sp³-hybridized carbons (Fsp3) is 0.375. The number of carbonyl (C=O) groups excluding carboxylic acids is 1. The SMILES string of the molecule is CCCc1cc(CCC=O)n(-c2ccc(OC(F)(F)F)cc2)n1. The molecule has 0 aliphatic rings. The van der Waals surface area contributed by atoms with Crippen LogP contribution in [-0.2, 0) is 17.6 Å². The van der Waals surface area contributed by atoms with Gasteiger partial charge in [0, 0.05) is 12.1 Å². The molecule has 4 nitrogen and oxygen atoms in total. The zero-order valence-electron chi connectivity index (χ0n) is 12.6. The lowest BCUT2D eigenvalue weighted by Crippen LogP contribution is -2.17. The van der Waals surface area contributed by atoms with Crippen LogP contribution in [0.4, 0.5) is 13.2 Å². The predicted octanol–water partition coefficient (Wildman–Crippen LogP) is 3.85. The average Bonchev–Trinajstić information content (AvgIpc) is 2.87. The summed E-state index contributed by atoms with van der Waals surface area (Å²) in [5, 5.41) is 4.47. The third-order valence-corrected chi connectivity index (χ3v) is 3.17. The monoisotopic (exact) mass is 326 g/mol. The number of rotatable bonds is 7. The van der Waals surface area contributed by atoms with Crippen LogP contribution in [-0.4, -0.2) is 22.4 Å². The van der Waals surface area contributed by atoms with E-state index < -0.39 is 6.36 Å². The van der Waals surface area contributed by atoms with Gasteiger partial charge >= 0.3 is 6.36 Å². The highest BCUT2D eigenvalue weighted by molar-refractivity contribution is 5.50. The largest absolute Gasteiger partial charge is 0.573 e. The van der Waals surface area contributed by atoms with Crippen LogP contribution < -0.4 is 4.74 Å². The van der Waals surface area contributed by atoms with Crippen molar-refractivity contribution in [1.29, 1.82) is 0 Å². The van der Waals surface area contributed by atoms with Gasteiger partial charge in [-0.2, -0.15) is 5.10 Å². The minimum Gasteiger partial charge on any atom is -0.406 e. The normalized spacial score (nSPS) is 11.5. The number of hydrogen-bond donors (Lipinski definition) is 0. The van der Waals surface area contributed by atoms with Crippen molar-refractivity contribution in [2.24, 2.45) is 0 Å². The van der Waals surface area contributed by atoms with Gasteiger partial charge in [0.2, 0.25) is 0 Å². The Labute approximate surface area is 131 Å². The molecule has 0 radical (unpaired) electrons. The highest BCUT2D eigenvalue weighted by Crippen LogP contribution is 2.24. The van der Waals surface area contributed by atoms with E-state index in [-0.39, 0.29) is 5.75 Å². The molecule has 0 unspecified atom stereocenters. The Morgan fingerprint density at radius 2 is 1.91 bits per heavy atom. The Kier molecular flexibility index (Phi) is 5.41. The van der Waals surface area contributed by atoms with Crippen LogP contribution in [0.3, 0.4) is 0 Å². The number of alkyl halides is 3. The number of aromatic nitrogens is 2. The second kappa shape index (κ2) is 7.30. The van der Waals surface area contributed by atoms with Gasteiger partial charge in [0.15, 0.2) is 0 Å². The first-order valence-corrected chi connectivity index (χ1v) is 7.30. The Morgan fingerprint density at radius 1 is 1.22 bits per heavy atom. The molecule has 2 rings (SSSR count). The molecule has 0 N–H and O–H groups in total. The molecule has 0 saturated heterocycles. The summed E-state index contributed by atoms with van der Waals surface area (Å²) in [7, 11) is 0. The number of carbonyl (C=O) groups is 1. The van der Waals surface area contributed by atoms with Gasteiger partial charge in [-0.05, 0) is 43.2 Å². The second-order valence-electron chi connectivity index (χ2n) is 5.04. The third-order valence-electron chi connectivity index (χ3n) is 3.17. The van der Waals surface area contributed by atoms with Crippen LogP contribution in [0.15, 0.2) is 30.3 Å². The summed E-state index contributed by atoms with van der Waals surface area (Å²) < 4.78 is 42.1. The first-order chi connectivity index (χ1) is 10.9. The maximum atomic E-state index is 12.2. The van der Waals surface area contributed by atoms with Crippen molar-refractivity contribution in [2.45, 2.75) is 39.0 Å². The molecular weight excluding hydrogens is 309 g/mol. The minimum atomic E-state index is -4.71. The van der Waals surface area contributed by atoms with E-state index >= 15 is 0 Å². The zero-order valence-corrected chi connectivity index (χ0v) is 12.6. The van der Waals surface area contributed by atoms with Crippen LogP contribution in [0.5, 0.6) is 5.75 Å². The summed E-state index contributed by atoms with van der Waals surface area (Å²) in [5.74, 6) is -0.281. The molecular formula is C16H17F3N2O2. The zero-order chi connectivity index (χ0) is 16.9. The smallest absolute Gasteiger partial charge is 0.406 e. The summed E-state index contributed by atoms with van der Waals surface area (Å²) in [5.41, 5.74) is 2.37. The van der Waals surface area contributed by atoms with E-state index in [1.807, 2.05) is 13.0 Å². The van der Waals surface area contributed by atoms with Gasteiger partial charge in [0.25, 0.3) is 0 Å². The van der Waals surface area contributed by atoms with Crippen molar-refractivity contribution in [3.63, 3.8) is 0 Å². The number of aryl methyl sites for hydroxylation is 2. The molecule has 1 aromatic carbocycles. The van der Waals surface area contributed by atoms with Crippen molar-refractivity contribution >= 4 is 6.29 Å². The molecule has 0 spiro atoms. The molecule has 0 saturated carbocycles. The third kappa shape index (κ3) is 4.84. The fourth-order valence-corrected chi connectivity index (χ4v) is 2.25. The van der Waals surface area contributed by atoms with Crippen molar-refractivity contribution in [3.05, 3.63) is 41.7 Å². The molecule has 0 amide bonds. The number of nitrogens with zero attached hydrogens (tertiary/aromatic N) is 2. The number of benzene rings is 1. The van der Waals surface area contributed by atoms with E-state index in [4.69, 9.17) is 0 Å². The number of halogens is 3. The standard InChI is InChI=1S/C16H17F3N2O2/c1-2-4-12-11-14(5-3-10-22)21(20-12)13-6-8-15(9-7-13)23-16(17,18)19/h6-11H,2-5H2,1H3. The van der Waals surface area contributed by atoms with Crippen LogP contribution in [0.25, 0.3) is 5.69 Å². The number of ether oxygens (including phenoxy) is 1. The summed E-state index contributed by atoms with van der Waals surface area (Å²) in [4.78, 5) is 10.6. The summed E-state index contributed by atoms with van der Waals surface area (Å²) >= 11 is 0. The molecule has 124 valence electrons. The van der Waals surface area contributed by atoms with Crippen molar-refractivity contribution in [2.75, 3.05) is 0 Å². The van der Waals surface area contributed by atoms with Gasteiger partial charge in [-0.15, -0.1) is 13.2 Å². The molecule has 7 heteroatoms. The van der Waals surface area contributed by atoms with Crippen LogP contribution in [0.1, 0.15) is 31.2 Å². The lowest BCUT2D eigenvalue weighted by molar-refractivity contribution is -0.274. The van der Waals surface area contributed by atoms with Gasteiger partial charge < -0.3 is 9.53 Å². The van der Waals surface area contributed by atoms with Gasteiger partial charge in [-0.3, -0.25) is 0 Å². The van der Waals surface area contributed by atoms with E-state index in [0.717, 1.165) is 30.5 Å². The number of hydrogen-bond acceptors (Lipinski definition) is 3. The van der Waals surface area contributed by atoms with Crippen LogP contribution >= 0.6 is 0 Å². The summed E-state index contributed by atoms with van der Waals surface area (Å²) in [6.07, 6.45) is -1.25. The predicted molar refractivity (Wildman–Crippen MR) is 78.6 cm³/mol. The number of aldehydes is 1. The Hall–Kier alpha value is -2.31. The highest BCUT2D eigenvalue weighted by Gasteiger charge is 2.31. The Morgan fingerprint density at radius 3 is 2.48 bits per heavy atom. The van der Waals surface area contributed by atoms with Gasteiger partial charge in [0.1, 0.15) is 12.0 Å². The Balaban J connectivity index is 2.26. The molecule has 0 aliphatic heterocycles. The fourth-order valence-electron chi connectivity index (χ4n) is 2.25. The lowest BCUT2D eigenvalue weighted by Gasteiger charge is -2.10. The maximum Gasteiger partial charge on any atom is 0.573 e. The second-order valence-corrected chi connectivity index (χ2v) is 5.04. The van der Waals surface area contributed by atoms with E-state index in [1.54, 1.807) is 4.68 Å². The highest BCUT2D eigenvalue weighted by atomic mass is 19.4.